The number of piperidine rings is 1. The Morgan fingerprint density at radius 1 is 1.14 bits per heavy atom. The summed E-state index contributed by atoms with van der Waals surface area (Å²) in [5.74, 6) is -0.700. The summed E-state index contributed by atoms with van der Waals surface area (Å²) in [6.07, 6.45) is 2.68. The molecule has 36 heavy (non-hydrogen) atoms. The van der Waals surface area contributed by atoms with Crippen molar-refractivity contribution in [2.45, 2.75) is 44.3 Å². The maximum Gasteiger partial charge on any atom is 0.418 e. The summed E-state index contributed by atoms with van der Waals surface area (Å²) in [4.78, 5) is 31.3. The summed E-state index contributed by atoms with van der Waals surface area (Å²) in [5, 5.41) is 2.69. The molecule has 9 nitrogen and oxygen atoms in total. The van der Waals surface area contributed by atoms with E-state index in [1.807, 2.05) is 6.07 Å². The first-order valence-corrected chi connectivity index (χ1v) is 11.6. The molecule has 190 valence electrons. The van der Waals surface area contributed by atoms with Crippen LogP contribution in [0.2, 0.25) is 0 Å². The second kappa shape index (κ2) is 10.1. The van der Waals surface area contributed by atoms with E-state index in [1.165, 1.54) is 18.5 Å². The first kappa shape index (κ1) is 25.3. The largest absolute Gasteiger partial charge is 0.418 e. The van der Waals surface area contributed by atoms with Gasteiger partial charge in [0.1, 0.15) is 11.4 Å². The van der Waals surface area contributed by atoms with E-state index < -0.39 is 23.3 Å². The molecule has 3 aromatic heterocycles. The molecule has 5 N–H and O–H groups in total. The predicted octanol–water partition coefficient (Wildman–Crippen LogP) is 3.88. The van der Waals surface area contributed by atoms with Gasteiger partial charge in [-0.3, -0.25) is 9.78 Å². The van der Waals surface area contributed by atoms with Crippen molar-refractivity contribution in [3.05, 3.63) is 54.1 Å². The number of carbonyl (C=O) groups excluding carboxylic acids is 1. The van der Waals surface area contributed by atoms with E-state index in [0.29, 0.717) is 18.8 Å². The third-order valence-electron chi connectivity index (χ3n) is 6.24. The average molecular weight is 501 g/mol. The van der Waals surface area contributed by atoms with Crippen molar-refractivity contribution in [2.24, 2.45) is 5.73 Å². The van der Waals surface area contributed by atoms with Crippen molar-refractivity contribution in [3.63, 3.8) is 0 Å². The zero-order chi connectivity index (χ0) is 25.9. The lowest BCUT2D eigenvalue weighted by Crippen LogP contribution is -2.50. The highest BCUT2D eigenvalue weighted by atomic mass is 19.4. The van der Waals surface area contributed by atoms with Crippen molar-refractivity contribution >= 4 is 23.2 Å². The predicted molar refractivity (Wildman–Crippen MR) is 130 cm³/mol. The fraction of sp³-hybridized carbons (Fsp3) is 0.375. The maximum absolute atomic E-state index is 13.5. The van der Waals surface area contributed by atoms with E-state index in [-0.39, 0.29) is 28.6 Å². The lowest BCUT2D eigenvalue weighted by Gasteiger charge is -2.40. The van der Waals surface area contributed by atoms with Crippen molar-refractivity contribution in [1.82, 2.24) is 19.9 Å². The molecule has 12 heteroatoms. The number of nitrogen functional groups attached to an aromatic ring is 1. The fourth-order valence-electron chi connectivity index (χ4n) is 4.37. The molecule has 0 saturated carbocycles. The van der Waals surface area contributed by atoms with Gasteiger partial charge in [-0.15, -0.1) is 0 Å². The Labute approximate surface area is 206 Å². The van der Waals surface area contributed by atoms with Crippen molar-refractivity contribution < 1.29 is 18.0 Å². The molecule has 0 bridgehead atoms. The average Bonchev–Trinajstić information content (AvgIpc) is 2.85. The molecule has 0 radical (unpaired) electrons. The molecule has 0 atom stereocenters. The van der Waals surface area contributed by atoms with Crippen LogP contribution in [0.4, 0.5) is 30.5 Å². The van der Waals surface area contributed by atoms with Crippen molar-refractivity contribution in [2.75, 3.05) is 29.0 Å². The van der Waals surface area contributed by atoms with Gasteiger partial charge in [0.05, 0.1) is 17.4 Å². The molecule has 1 fully saturated rings. The summed E-state index contributed by atoms with van der Waals surface area (Å²) in [6.45, 7) is 3.50. The molecule has 0 aliphatic carbocycles. The maximum atomic E-state index is 13.5. The minimum absolute atomic E-state index is 0.206. The minimum Gasteiger partial charge on any atom is -0.382 e. The van der Waals surface area contributed by atoms with Gasteiger partial charge in [0.15, 0.2) is 17.3 Å². The Morgan fingerprint density at radius 3 is 2.53 bits per heavy atom. The second-order valence-corrected chi connectivity index (χ2v) is 8.81. The molecule has 0 aromatic carbocycles. The zero-order valence-electron chi connectivity index (χ0n) is 19.7. The van der Waals surface area contributed by atoms with Gasteiger partial charge in [0, 0.05) is 31.0 Å². The van der Waals surface area contributed by atoms with Gasteiger partial charge in [0.2, 0.25) is 0 Å². The molecule has 1 amide bonds. The molecule has 4 rings (SSSR count). The lowest BCUT2D eigenvalue weighted by molar-refractivity contribution is -0.137. The standard InChI is InChI=1S/C24H27F3N8O/c1-2-7-23(29)8-12-35(13-9-23)17-6-4-11-31-21(17)34-22(36)19-20(28)32-14-16(33-19)18-15(24(25,26)27)5-3-10-30-18/h3-6,10-11,14H,2,7-9,12-13,29H2,1H3,(H2,28,32)(H,31,34,36). The van der Waals surface area contributed by atoms with Gasteiger partial charge in [-0.25, -0.2) is 15.0 Å². The number of nitrogens with one attached hydrogen (secondary N) is 1. The van der Waals surface area contributed by atoms with Crippen LogP contribution in [0.5, 0.6) is 0 Å². The number of carbonyl (C=O) groups is 1. The van der Waals surface area contributed by atoms with E-state index in [9.17, 15) is 18.0 Å². The number of hydrogen-bond donors (Lipinski definition) is 3. The van der Waals surface area contributed by atoms with Crippen LogP contribution in [-0.2, 0) is 6.18 Å². The van der Waals surface area contributed by atoms with Crippen LogP contribution in [0.15, 0.2) is 42.9 Å². The highest BCUT2D eigenvalue weighted by molar-refractivity contribution is 6.06. The fourth-order valence-corrected chi connectivity index (χ4v) is 4.37. The van der Waals surface area contributed by atoms with Crippen LogP contribution in [0.25, 0.3) is 11.4 Å². The topological polar surface area (TPSA) is 136 Å². The van der Waals surface area contributed by atoms with E-state index in [1.54, 1.807) is 6.07 Å². The van der Waals surface area contributed by atoms with E-state index in [2.05, 4.69) is 37.1 Å². The Morgan fingerprint density at radius 2 is 1.83 bits per heavy atom. The number of halogens is 3. The number of rotatable bonds is 6. The first-order valence-electron chi connectivity index (χ1n) is 11.6. The van der Waals surface area contributed by atoms with Gasteiger partial charge in [-0.2, -0.15) is 13.2 Å². The number of aromatic nitrogens is 4. The van der Waals surface area contributed by atoms with Crippen LogP contribution >= 0.6 is 0 Å². The van der Waals surface area contributed by atoms with E-state index >= 15 is 0 Å². The Hall–Kier alpha value is -3.80. The Balaban J connectivity index is 1.59. The van der Waals surface area contributed by atoms with Crippen LogP contribution in [0, 0.1) is 0 Å². The Bertz CT molecular complexity index is 1240. The lowest BCUT2D eigenvalue weighted by atomic mass is 9.84. The van der Waals surface area contributed by atoms with E-state index in [0.717, 1.165) is 37.9 Å². The number of nitrogens with two attached hydrogens (primary N) is 2. The smallest absolute Gasteiger partial charge is 0.382 e. The molecule has 1 saturated heterocycles. The number of nitrogens with zero attached hydrogens (tertiary/aromatic N) is 5. The number of pyridine rings is 2. The van der Waals surface area contributed by atoms with Crippen LogP contribution in [-0.4, -0.2) is 44.5 Å². The van der Waals surface area contributed by atoms with Gasteiger partial charge < -0.3 is 21.7 Å². The van der Waals surface area contributed by atoms with Crippen LogP contribution in [0.1, 0.15) is 48.7 Å². The van der Waals surface area contributed by atoms with Gasteiger partial charge >= 0.3 is 6.18 Å². The summed E-state index contributed by atoms with van der Waals surface area (Å²) in [6, 6.07) is 5.65. The molecule has 0 spiro atoms. The quantitative estimate of drug-likeness (QED) is 0.464. The first-order chi connectivity index (χ1) is 17.1. The molecular weight excluding hydrogens is 473 g/mol. The van der Waals surface area contributed by atoms with Crippen molar-refractivity contribution in [3.8, 4) is 11.4 Å². The third kappa shape index (κ3) is 5.38. The third-order valence-corrected chi connectivity index (χ3v) is 6.24. The molecule has 3 aromatic rings. The number of anilines is 3. The van der Waals surface area contributed by atoms with Crippen LogP contribution in [0.3, 0.4) is 0 Å². The Kier molecular flexibility index (Phi) is 7.07. The van der Waals surface area contributed by atoms with Gasteiger partial charge in [0.25, 0.3) is 5.91 Å². The highest BCUT2D eigenvalue weighted by Crippen LogP contribution is 2.35. The van der Waals surface area contributed by atoms with Gasteiger partial charge in [-0.05, 0) is 43.5 Å². The summed E-state index contributed by atoms with van der Waals surface area (Å²) >= 11 is 0. The monoisotopic (exact) mass is 500 g/mol. The second-order valence-electron chi connectivity index (χ2n) is 8.81. The van der Waals surface area contributed by atoms with Crippen molar-refractivity contribution in [1.29, 1.82) is 0 Å². The SMILES string of the molecule is CCCC1(N)CCN(c2cccnc2NC(=O)c2nc(-c3ncccc3C(F)(F)F)cnc2N)CC1. The zero-order valence-corrected chi connectivity index (χ0v) is 19.7. The molecule has 0 unspecified atom stereocenters. The molecule has 4 heterocycles. The van der Waals surface area contributed by atoms with Gasteiger partial charge in [-0.1, -0.05) is 13.3 Å². The van der Waals surface area contributed by atoms with Crippen LogP contribution < -0.4 is 21.7 Å². The molecule has 1 aliphatic rings. The molecular formula is C24H27F3N8O. The highest BCUT2D eigenvalue weighted by Gasteiger charge is 2.35. The number of hydrogen-bond acceptors (Lipinski definition) is 8. The normalized spacial score (nSPS) is 15.5. The number of alkyl halides is 3. The minimum atomic E-state index is -4.66. The summed E-state index contributed by atoms with van der Waals surface area (Å²) < 4.78 is 40.4. The summed E-state index contributed by atoms with van der Waals surface area (Å²) in [7, 11) is 0. The summed E-state index contributed by atoms with van der Waals surface area (Å²) in [5.41, 5.74) is 10.9. The molecule has 1 aliphatic heterocycles. The van der Waals surface area contributed by atoms with E-state index in [4.69, 9.17) is 11.5 Å². The number of amides is 1.